The van der Waals surface area contributed by atoms with Crippen LogP contribution in [0.1, 0.15) is 43.9 Å². The summed E-state index contributed by atoms with van der Waals surface area (Å²) < 4.78 is 8.37. The Labute approximate surface area is 157 Å². The van der Waals surface area contributed by atoms with E-state index in [0.717, 1.165) is 24.1 Å². The Hall–Kier alpha value is -2.34. The van der Waals surface area contributed by atoms with Gasteiger partial charge in [0.2, 0.25) is 0 Å². The van der Waals surface area contributed by atoms with E-state index in [1.807, 2.05) is 6.92 Å². The average molecular weight is 375 g/mol. The van der Waals surface area contributed by atoms with Gasteiger partial charge in [-0.3, -0.25) is 9.36 Å². The molecular formula is C19H23ClN4O2. The molecule has 3 aromatic rings. The van der Waals surface area contributed by atoms with E-state index in [2.05, 4.69) is 30.0 Å². The molecule has 0 saturated heterocycles. The number of methoxy groups -OCH3 is 1. The third kappa shape index (κ3) is 2.88. The van der Waals surface area contributed by atoms with Crippen LogP contribution in [0.4, 0.5) is 0 Å². The van der Waals surface area contributed by atoms with Crippen LogP contribution in [-0.4, -0.2) is 26.3 Å². The maximum Gasteiger partial charge on any atom is 0.278 e. The van der Waals surface area contributed by atoms with E-state index in [9.17, 15) is 4.79 Å². The molecular weight excluding hydrogens is 352 g/mol. The van der Waals surface area contributed by atoms with Crippen molar-refractivity contribution in [1.29, 1.82) is 0 Å². The molecule has 0 saturated carbocycles. The SMILES string of the molecule is CCC(CC)c1cc(C)n2nc(-c3ncc(OC)cc3Cl)n(C)c(=O)c12. The molecule has 0 aliphatic heterocycles. The van der Waals surface area contributed by atoms with Crippen molar-refractivity contribution >= 4 is 17.1 Å². The highest BCUT2D eigenvalue weighted by atomic mass is 35.5. The predicted molar refractivity (Wildman–Crippen MR) is 103 cm³/mol. The lowest BCUT2D eigenvalue weighted by atomic mass is 9.95. The summed E-state index contributed by atoms with van der Waals surface area (Å²) in [4.78, 5) is 17.5. The molecule has 0 unspecified atom stereocenters. The van der Waals surface area contributed by atoms with E-state index in [-0.39, 0.29) is 5.56 Å². The number of ether oxygens (including phenoxy) is 1. The molecule has 3 heterocycles. The number of aryl methyl sites for hydroxylation is 1. The monoisotopic (exact) mass is 374 g/mol. The summed E-state index contributed by atoms with van der Waals surface area (Å²) in [6, 6.07) is 3.73. The van der Waals surface area contributed by atoms with Crippen LogP contribution in [0.15, 0.2) is 23.1 Å². The molecule has 3 rings (SSSR count). The van der Waals surface area contributed by atoms with Gasteiger partial charge in [-0.1, -0.05) is 25.4 Å². The maximum atomic E-state index is 13.1. The van der Waals surface area contributed by atoms with E-state index in [0.29, 0.717) is 33.7 Å². The van der Waals surface area contributed by atoms with Crippen LogP contribution in [0.25, 0.3) is 17.0 Å². The van der Waals surface area contributed by atoms with Crippen LogP contribution in [0.5, 0.6) is 5.75 Å². The van der Waals surface area contributed by atoms with Gasteiger partial charge >= 0.3 is 0 Å². The zero-order valence-electron chi connectivity index (χ0n) is 15.7. The highest BCUT2D eigenvalue weighted by Crippen LogP contribution is 2.30. The molecule has 7 heteroatoms. The third-order valence-corrected chi connectivity index (χ3v) is 5.18. The highest BCUT2D eigenvalue weighted by molar-refractivity contribution is 6.33. The fourth-order valence-electron chi connectivity index (χ4n) is 3.36. The van der Waals surface area contributed by atoms with Crippen LogP contribution in [0.3, 0.4) is 0 Å². The van der Waals surface area contributed by atoms with Gasteiger partial charge in [0.05, 0.1) is 18.3 Å². The number of halogens is 1. The molecule has 0 aliphatic carbocycles. The average Bonchev–Trinajstić information content (AvgIpc) is 2.96. The molecule has 0 radical (unpaired) electrons. The molecule has 6 nitrogen and oxygen atoms in total. The maximum absolute atomic E-state index is 13.1. The zero-order chi connectivity index (χ0) is 19.0. The van der Waals surface area contributed by atoms with Gasteiger partial charge in [-0.2, -0.15) is 0 Å². The van der Waals surface area contributed by atoms with Crippen molar-refractivity contribution < 1.29 is 4.74 Å². The molecule has 0 N–H and O–H groups in total. The van der Waals surface area contributed by atoms with E-state index >= 15 is 0 Å². The van der Waals surface area contributed by atoms with Gasteiger partial charge in [0, 0.05) is 18.8 Å². The third-order valence-electron chi connectivity index (χ3n) is 4.89. The molecule has 0 aliphatic rings. The Bertz CT molecular complexity index is 1020. The van der Waals surface area contributed by atoms with E-state index in [4.69, 9.17) is 16.3 Å². The van der Waals surface area contributed by atoms with E-state index < -0.39 is 0 Å². The first kappa shape index (κ1) is 18.5. The molecule has 0 aromatic carbocycles. The van der Waals surface area contributed by atoms with Crippen LogP contribution >= 0.6 is 11.6 Å². The Balaban J connectivity index is 2.30. The Morgan fingerprint density at radius 3 is 2.54 bits per heavy atom. The van der Waals surface area contributed by atoms with Crippen LogP contribution in [0, 0.1) is 6.92 Å². The minimum Gasteiger partial charge on any atom is -0.495 e. The Morgan fingerprint density at radius 2 is 1.96 bits per heavy atom. The lowest BCUT2D eigenvalue weighted by Crippen LogP contribution is -2.24. The zero-order valence-corrected chi connectivity index (χ0v) is 16.5. The van der Waals surface area contributed by atoms with Gasteiger partial charge in [0.25, 0.3) is 5.56 Å². The summed E-state index contributed by atoms with van der Waals surface area (Å²) >= 11 is 6.35. The largest absolute Gasteiger partial charge is 0.495 e. The Morgan fingerprint density at radius 1 is 1.27 bits per heavy atom. The second-order valence-corrected chi connectivity index (χ2v) is 6.82. The molecule has 0 spiro atoms. The predicted octanol–water partition coefficient (Wildman–Crippen LogP) is 3.97. The van der Waals surface area contributed by atoms with Crippen LogP contribution in [0.2, 0.25) is 5.02 Å². The number of fused-ring (bicyclic) bond motifs is 1. The molecule has 3 aromatic heterocycles. The quantitative estimate of drug-likeness (QED) is 0.678. The second-order valence-electron chi connectivity index (χ2n) is 6.41. The Kier molecular flexibility index (Phi) is 5.05. The van der Waals surface area contributed by atoms with E-state index in [1.165, 1.54) is 4.57 Å². The fourth-order valence-corrected chi connectivity index (χ4v) is 3.60. The molecule has 26 heavy (non-hydrogen) atoms. The number of nitrogens with zero attached hydrogens (tertiary/aromatic N) is 4. The first-order valence-electron chi connectivity index (χ1n) is 8.72. The van der Waals surface area contributed by atoms with Crippen molar-refractivity contribution in [2.24, 2.45) is 7.05 Å². The molecule has 0 amide bonds. The highest BCUT2D eigenvalue weighted by Gasteiger charge is 2.21. The summed E-state index contributed by atoms with van der Waals surface area (Å²) in [7, 11) is 3.25. The standard InChI is InChI=1S/C19H23ClN4O2/c1-6-12(7-2)14-8-11(3)24-17(14)19(25)23(4)18(22-24)16-15(20)9-13(26-5)10-21-16/h8-10,12H,6-7H2,1-5H3. The van der Waals surface area contributed by atoms with Crippen LogP contribution < -0.4 is 10.3 Å². The molecule has 138 valence electrons. The smallest absolute Gasteiger partial charge is 0.278 e. The number of rotatable bonds is 5. The lowest BCUT2D eigenvalue weighted by Gasteiger charge is -2.13. The lowest BCUT2D eigenvalue weighted by molar-refractivity contribution is 0.413. The van der Waals surface area contributed by atoms with Crippen LogP contribution in [-0.2, 0) is 7.05 Å². The van der Waals surface area contributed by atoms with Gasteiger partial charge in [-0.25, -0.2) is 9.50 Å². The summed E-state index contributed by atoms with van der Waals surface area (Å²) in [5.41, 5.74) is 2.96. The fraction of sp³-hybridized carbons (Fsp3) is 0.421. The number of aromatic nitrogens is 4. The number of hydrogen-bond donors (Lipinski definition) is 0. The molecule has 0 fully saturated rings. The normalized spacial score (nSPS) is 11.5. The van der Waals surface area contributed by atoms with Crippen molar-refractivity contribution in [2.75, 3.05) is 7.11 Å². The van der Waals surface area contributed by atoms with Gasteiger partial charge in [0.15, 0.2) is 5.82 Å². The summed E-state index contributed by atoms with van der Waals surface area (Å²) in [6.45, 7) is 6.23. The van der Waals surface area contributed by atoms with Gasteiger partial charge in [-0.05, 0) is 37.3 Å². The molecule has 0 atom stereocenters. The first-order valence-corrected chi connectivity index (χ1v) is 9.09. The van der Waals surface area contributed by atoms with Gasteiger partial charge < -0.3 is 4.74 Å². The van der Waals surface area contributed by atoms with E-state index in [1.54, 1.807) is 30.9 Å². The first-order chi connectivity index (χ1) is 12.4. The minimum atomic E-state index is -0.0984. The van der Waals surface area contributed by atoms with Crippen molar-refractivity contribution in [3.63, 3.8) is 0 Å². The number of pyridine rings is 1. The van der Waals surface area contributed by atoms with Crippen molar-refractivity contribution in [3.05, 3.63) is 45.0 Å². The summed E-state index contributed by atoms with van der Waals surface area (Å²) in [5, 5.41) is 5.07. The summed E-state index contributed by atoms with van der Waals surface area (Å²) in [6.07, 6.45) is 3.52. The number of hydrogen-bond acceptors (Lipinski definition) is 4. The van der Waals surface area contributed by atoms with Crippen molar-refractivity contribution in [3.8, 4) is 17.3 Å². The van der Waals surface area contributed by atoms with Crippen molar-refractivity contribution in [1.82, 2.24) is 19.2 Å². The second kappa shape index (κ2) is 7.11. The molecule has 0 bridgehead atoms. The van der Waals surface area contributed by atoms with Gasteiger partial charge in [0.1, 0.15) is 17.0 Å². The van der Waals surface area contributed by atoms with Gasteiger partial charge in [-0.15, -0.1) is 5.10 Å². The summed E-state index contributed by atoms with van der Waals surface area (Å²) in [5.74, 6) is 1.31. The van der Waals surface area contributed by atoms with Crippen molar-refractivity contribution in [2.45, 2.75) is 39.5 Å². The minimum absolute atomic E-state index is 0.0984. The topological polar surface area (TPSA) is 61.4 Å².